The van der Waals surface area contributed by atoms with Crippen LogP contribution >= 0.6 is 23.1 Å². The maximum Gasteiger partial charge on any atom is 0.157 e. The van der Waals surface area contributed by atoms with E-state index in [1.54, 1.807) is 11.3 Å². The predicted molar refractivity (Wildman–Crippen MR) is 65.1 cm³/mol. The molecule has 2 rings (SSSR count). The molecule has 0 aliphatic carbocycles. The highest BCUT2D eigenvalue weighted by Crippen LogP contribution is 2.17. The third-order valence-electron chi connectivity index (χ3n) is 2.20. The second-order valence-electron chi connectivity index (χ2n) is 3.26. The highest BCUT2D eigenvalue weighted by atomic mass is 32.2. The molecule has 1 aliphatic heterocycles. The van der Waals surface area contributed by atoms with Gasteiger partial charge in [-0.3, -0.25) is 4.99 Å². The van der Waals surface area contributed by atoms with Crippen LogP contribution in [-0.4, -0.2) is 17.0 Å². The van der Waals surface area contributed by atoms with E-state index in [0.717, 1.165) is 11.7 Å². The van der Waals surface area contributed by atoms with Crippen molar-refractivity contribution in [2.45, 2.75) is 25.9 Å². The lowest BCUT2D eigenvalue weighted by Gasteiger charge is -2.04. The fraction of sp³-hybridized carbons (Fsp3) is 0.500. The van der Waals surface area contributed by atoms with E-state index in [9.17, 15) is 0 Å². The van der Waals surface area contributed by atoms with Crippen LogP contribution in [0.4, 0.5) is 0 Å². The molecule has 14 heavy (non-hydrogen) atoms. The molecule has 2 nitrogen and oxygen atoms in total. The Kier molecular flexibility index (Phi) is 3.48. The van der Waals surface area contributed by atoms with Crippen molar-refractivity contribution in [3.05, 3.63) is 22.4 Å². The van der Waals surface area contributed by atoms with Gasteiger partial charge in [0.05, 0.1) is 6.54 Å². The summed E-state index contributed by atoms with van der Waals surface area (Å²) in [5.41, 5.74) is 0. The summed E-state index contributed by atoms with van der Waals surface area (Å²) in [6.45, 7) is 3.03. The minimum absolute atomic E-state index is 0.627. The van der Waals surface area contributed by atoms with Crippen LogP contribution in [0.25, 0.3) is 0 Å². The van der Waals surface area contributed by atoms with Crippen LogP contribution in [0.1, 0.15) is 18.2 Å². The van der Waals surface area contributed by atoms with E-state index in [1.165, 1.54) is 17.1 Å². The molecule has 0 bridgehead atoms. The number of thiophene rings is 1. The number of amidine groups is 1. The molecule has 1 atom stereocenters. The Hall–Kier alpha value is -0.480. The molecule has 0 aromatic carbocycles. The normalized spacial score (nSPS) is 24.1. The summed E-state index contributed by atoms with van der Waals surface area (Å²) < 4.78 is 0. The van der Waals surface area contributed by atoms with Crippen LogP contribution in [0.3, 0.4) is 0 Å². The van der Waals surface area contributed by atoms with Gasteiger partial charge >= 0.3 is 0 Å². The highest BCUT2D eigenvalue weighted by Gasteiger charge is 2.17. The van der Waals surface area contributed by atoms with E-state index in [0.29, 0.717) is 6.04 Å². The van der Waals surface area contributed by atoms with Crippen LogP contribution in [-0.2, 0) is 6.54 Å². The van der Waals surface area contributed by atoms with Gasteiger partial charge in [0.15, 0.2) is 5.17 Å². The summed E-state index contributed by atoms with van der Waals surface area (Å²) in [5, 5.41) is 6.63. The SMILES string of the molecule is CC[C@H]1CSC(=NCc2cccs2)N1. The molecule has 4 heteroatoms. The smallest absolute Gasteiger partial charge is 0.157 e. The number of hydrogen-bond acceptors (Lipinski definition) is 3. The quantitative estimate of drug-likeness (QED) is 0.857. The Bertz CT molecular complexity index is 306. The largest absolute Gasteiger partial charge is 0.361 e. The maximum atomic E-state index is 4.54. The van der Waals surface area contributed by atoms with E-state index in [4.69, 9.17) is 0 Å². The zero-order valence-electron chi connectivity index (χ0n) is 8.19. The second-order valence-corrected chi connectivity index (χ2v) is 5.30. The van der Waals surface area contributed by atoms with Crippen LogP contribution in [0.15, 0.2) is 22.5 Å². The lowest BCUT2D eigenvalue weighted by molar-refractivity contribution is 0.667. The van der Waals surface area contributed by atoms with E-state index in [1.807, 2.05) is 11.8 Å². The van der Waals surface area contributed by atoms with Crippen molar-refractivity contribution in [3.8, 4) is 0 Å². The van der Waals surface area contributed by atoms with Crippen LogP contribution < -0.4 is 5.32 Å². The van der Waals surface area contributed by atoms with E-state index in [-0.39, 0.29) is 0 Å². The van der Waals surface area contributed by atoms with Crippen LogP contribution in [0, 0.1) is 0 Å². The fourth-order valence-electron chi connectivity index (χ4n) is 1.30. The lowest BCUT2D eigenvalue weighted by Crippen LogP contribution is -2.25. The van der Waals surface area contributed by atoms with Crippen molar-refractivity contribution in [3.63, 3.8) is 0 Å². The van der Waals surface area contributed by atoms with Crippen molar-refractivity contribution in [2.24, 2.45) is 4.99 Å². The second kappa shape index (κ2) is 4.84. The Morgan fingerprint density at radius 2 is 2.57 bits per heavy atom. The van der Waals surface area contributed by atoms with E-state index in [2.05, 4.69) is 34.7 Å². The molecular weight excluding hydrogens is 212 g/mol. The van der Waals surface area contributed by atoms with Gasteiger partial charge in [0.1, 0.15) is 0 Å². The number of nitrogens with one attached hydrogen (secondary N) is 1. The molecule has 1 fully saturated rings. The van der Waals surface area contributed by atoms with Crippen LogP contribution in [0.5, 0.6) is 0 Å². The first-order valence-electron chi connectivity index (χ1n) is 4.84. The van der Waals surface area contributed by atoms with Gasteiger partial charge in [0.25, 0.3) is 0 Å². The molecule has 0 amide bonds. The molecule has 0 saturated carbocycles. The molecule has 0 spiro atoms. The van der Waals surface area contributed by atoms with Gasteiger partial charge < -0.3 is 5.32 Å². The summed E-state index contributed by atoms with van der Waals surface area (Å²) in [7, 11) is 0. The van der Waals surface area contributed by atoms with Crippen molar-refractivity contribution < 1.29 is 0 Å². The van der Waals surface area contributed by atoms with Crippen LogP contribution in [0.2, 0.25) is 0 Å². The fourth-order valence-corrected chi connectivity index (χ4v) is 3.01. The van der Waals surface area contributed by atoms with Crippen molar-refractivity contribution >= 4 is 28.3 Å². The molecule has 0 radical (unpaired) electrons. The lowest BCUT2D eigenvalue weighted by atomic mass is 10.3. The number of hydrogen-bond donors (Lipinski definition) is 1. The molecule has 0 unspecified atom stereocenters. The number of thioether (sulfide) groups is 1. The monoisotopic (exact) mass is 226 g/mol. The van der Waals surface area contributed by atoms with Gasteiger partial charge in [0, 0.05) is 16.7 Å². The molecule has 1 aromatic heterocycles. The minimum atomic E-state index is 0.627. The van der Waals surface area contributed by atoms with Gasteiger partial charge in [0.2, 0.25) is 0 Å². The number of aliphatic imine (C=N–C) groups is 1. The third kappa shape index (κ3) is 2.51. The molecule has 1 N–H and O–H groups in total. The summed E-state index contributed by atoms with van der Waals surface area (Å²) in [6, 6.07) is 4.83. The van der Waals surface area contributed by atoms with Gasteiger partial charge in [-0.2, -0.15) is 0 Å². The minimum Gasteiger partial charge on any atom is -0.361 e. The third-order valence-corrected chi connectivity index (χ3v) is 4.15. The molecule has 1 aliphatic rings. The van der Waals surface area contributed by atoms with Crippen molar-refractivity contribution in [2.75, 3.05) is 5.75 Å². The first-order valence-corrected chi connectivity index (χ1v) is 6.71. The van der Waals surface area contributed by atoms with E-state index < -0.39 is 0 Å². The van der Waals surface area contributed by atoms with Gasteiger partial charge in [-0.05, 0) is 17.9 Å². The average Bonchev–Trinajstić information content (AvgIpc) is 2.86. The number of nitrogens with zero attached hydrogens (tertiary/aromatic N) is 1. The molecule has 1 saturated heterocycles. The first kappa shape index (κ1) is 10.1. The first-order chi connectivity index (χ1) is 6.88. The Balaban J connectivity index is 1.87. The van der Waals surface area contributed by atoms with Gasteiger partial charge in [-0.1, -0.05) is 24.8 Å². The number of rotatable bonds is 3. The standard InChI is InChI=1S/C10H14N2S2/c1-2-8-7-14-10(12-8)11-6-9-4-3-5-13-9/h3-5,8H,2,6-7H2,1H3,(H,11,12)/t8-/m0/s1. The molecule has 1 aromatic rings. The highest BCUT2D eigenvalue weighted by molar-refractivity contribution is 8.14. The molecule has 2 heterocycles. The van der Waals surface area contributed by atoms with Gasteiger partial charge in [-0.15, -0.1) is 11.3 Å². The average molecular weight is 226 g/mol. The maximum absolute atomic E-state index is 4.54. The van der Waals surface area contributed by atoms with Crippen molar-refractivity contribution in [1.29, 1.82) is 0 Å². The Morgan fingerprint density at radius 3 is 3.21 bits per heavy atom. The predicted octanol–water partition coefficient (Wildman–Crippen LogP) is 2.72. The summed E-state index contributed by atoms with van der Waals surface area (Å²) >= 11 is 3.61. The zero-order valence-corrected chi connectivity index (χ0v) is 9.83. The molecular formula is C10H14N2S2. The van der Waals surface area contributed by atoms with Crippen molar-refractivity contribution in [1.82, 2.24) is 5.32 Å². The summed E-state index contributed by atoms with van der Waals surface area (Å²) in [5.74, 6) is 1.17. The molecule has 76 valence electrons. The van der Waals surface area contributed by atoms with E-state index >= 15 is 0 Å². The summed E-state index contributed by atoms with van der Waals surface area (Å²) in [6.07, 6.45) is 1.19. The topological polar surface area (TPSA) is 24.4 Å². The summed E-state index contributed by atoms with van der Waals surface area (Å²) in [4.78, 5) is 5.88. The van der Waals surface area contributed by atoms with Gasteiger partial charge in [-0.25, -0.2) is 0 Å². The Labute approximate surface area is 92.8 Å². The zero-order chi connectivity index (χ0) is 9.80. The Morgan fingerprint density at radius 1 is 1.64 bits per heavy atom.